The van der Waals surface area contributed by atoms with Gasteiger partial charge in [0.25, 0.3) is 0 Å². The van der Waals surface area contributed by atoms with E-state index in [0.717, 1.165) is 37.9 Å². The summed E-state index contributed by atoms with van der Waals surface area (Å²) >= 11 is 1.83. The van der Waals surface area contributed by atoms with Gasteiger partial charge in [-0.1, -0.05) is 6.07 Å². The number of halogens is 1. The van der Waals surface area contributed by atoms with Gasteiger partial charge in [-0.2, -0.15) is 0 Å². The number of guanidine groups is 1. The Morgan fingerprint density at radius 2 is 2.13 bits per heavy atom. The van der Waals surface area contributed by atoms with Gasteiger partial charge in [0.15, 0.2) is 5.96 Å². The molecule has 1 saturated carbocycles. The van der Waals surface area contributed by atoms with Crippen molar-refractivity contribution in [1.29, 1.82) is 0 Å². The molecule has 0 spiro atoms. The van der Waals surface area contributed by atoms with Gasteiger partial charge >= 0.3 is 0 Å². The molecule has 0 aliphatic heterocycles. The summed E-state index contributed by atoms with van der Waals surface area (Å²) in [5.74, 6) is 1.88. The monoisotopic (exact) mass is 450 g/mol. The number of aliphatic imine (C=N–C) groups is 1. The second-order valence-corrected chi connectivity index (χ2v) is 7.35. The number of likely N-dealkylation sites (N-methyl/N-ethyl adjacent to an activating group) is 2. The van der Waals surface area contributed by atoms with E-state index in [1.54, 1.807) is 0 Å². The number of thiophene rings is 1. The Morgan fingerprint density at radius 1 is 1.39 bits per heavy atom. The molecule has 0 amide bonds. The predicted octanol–water partition coefficient (Wildman–Crippen LogP) is 3.15. The van der Waals surface area contributed by atoms with Crippen LogP contribution in [0.3, 0.4) is 0 Å². The fourth-order valence-corrected chi connectivity index (χ4v) is 3.40. The molecule has 0 bridgehead atoms. The number of hydrogen-bond donors (Lipinski definition) is 1. The fourth-order valence-electron chi connectivity index (χ4n) is 2.70. The first kappa shape index (κ1) is 20.7. The van der Waals surface area contributed by atoms with E-state index in [1.165, 1.54) is 17.7 Å². The maximum Gasteiger partial charge on any atom is 0.193 e. The molecule has 1 heterocycles. The normalized spacial score (nSPS) is 16.1. The van der Waals surface area contributed by atoms with Gasteiger partial charge in [0.05, 0.1) is 6.54 Å². The van der Waals surface area contributed by atoms with Crippen molar-refractivity contribution in [2.75, 3.05) is 40.8 Å². The lowest BCUT2D eigenvalue weighted by Crippen LogP contribution is -2.41. The summed E-state index contributed by atoms with van der Waals surface area (Å²) in [6.45, 7) is 4.94. The first-order valence-electron chi connectivity index (χ1n) is 8.30. The average Bonchev–Trinajstić information content (AvgIpc) is 3.18. The van der Waals surface area contributed by atoms with Gasteiger partial charge in [-0.05, 0) is 57.6 Å². The molecule has 0 radical (unpaired) electrons. The van der Waals surface area contributed by atoms with E-state index in [9.17, 15) is 0 Å². The minimum absolute atomic E-state index is 0. The van der Waals surface area contributed by atoms with E-state index in [4.69, 9.17) is 4.99 Å². The summed E-state index contributed by atoms with van der Waals surface area (Å²) in [4.78, 5) is 10.9. The molecule has 6 heteroatoms. The molecule has 4 nitrogen and oxygen atoms in total. The molecule has 23 heavy (non-hydrogen) atoms. The molecule has 1 aliphatic carbocycles. The molecule has 1 aliphatic rings. The third-order valence-electron chi connectivity index (χ3n) is 4.23. The highest BCUT2D eigenvalue weighted by atomic mass is 127. The van der Waals surface area contributed by atoms with Crippen molar-refractivity contribution in [3.8, 4) is 0 Å². The largest absolute Gasteiger partial charge is 0.357 e. The Kier molecular flexibility index (Phi) is 9.46. The quantitative estimate of drug-likeness (QED) is 0.375. The van der Waals surface area contributed by atoms with Crippen LogP contribution in [0.15, 0.2) is 22.5 Å². The van der Waals surface area contributed by atoms with Crippen LogP contribution in [0.1, 0.15) is 24.6 Å². The van der Waals surface area contributed by atoms with Crippen molar-refractivity contribution < 1.29 is 0 Å². The van der Waals surface area contributed by atoms with Gasteiger partial charge in [-0.15, -0.1) is 35.3 Å². The molecule has 0 aromatic carbocycles. The topological polar surface area (TPSA) is 30.9 Å². The summed E-state index contributed by atoms with van der Waals surface area (Å²) in [5.41, 5.74) is 0. The molecule has 132 valence electrons. The number of nitrogens with one attached hydrogen (secondary N) is 1. The maximum absolute atomic E-state index is 4.89. The third-order valence-corrected chi connectivity index (χ3v) is 5.16. The summed E-state index contributed by atoms with van der Waals surface area (Å²) in [6.07, 6.45) is 3.81. The van der Waals surface area contributed by atoms with Crippen molar-refractivity contribution in [2.45, 2.75) is 32.2 Å². The van der Waals surface area contributed by atoms with E-state index >= 15 is 0 Å². The SMILES string of the molecule is CCNC(=NCC(C1CC1)N(C)C)N(C)CCc1cccs1.I. The van der Waals surface area contributed by atoms with Crippen LogP contribution in [0.2, 0.25) is 0 Å². The highest BCUT2D eigenvalue weighted by Crippen LogP contribution is 2.34. The van der Waals surface area contributed by atoms with E-state index < -0.39 is 0 Å². The zero-order chi connectivity index (χ0) is 15.9. The van der Waals surface area contributed by atoms with E-state index in [-0.39, 0.29) is 24.0 Å². The minimum atomic E-state index is 0. The Balaban J connectivity index is 0.00000264. The van der Waals surface area contributed by atoms with Crippen LogP contribution < -0.4 is 5.32 Å². The lowest BCUT2D eigenvalue weighted by atomic mass is 10.2. The Morgan fingerprint density at radius 3 is 2.65 bits per heavy atom. The van der Waals surface area contributed by atoms with Crippen LogP contribution >= 0.6 is 35.3 Å². The van der Waals surface area contributed by atoms with Gasteiger partial charge in [-0.25, -0.2) is 0 Å². The average molecular weight is 450 g/mol. The van der Waals surface area contributed by atoms with Crippen molar-refractivity contribution in [3.05, 3.63) is 22.4 Å². The second kappa shape index (κ2) is 10.5. The molecule has 1 fully saturated rings. The van der Waals surface area contributed by atoms with Crippen LogP contribution in [-0.4, -0.2) is 62.6 Å². The predicted molar refractivity (Wildman–Crippen MR) is 112 cm³/mol. The lowest BCUT2D eigenvalue weighted by molar-refractivity contribution is 0.270. The first-order valence-corrected chi connectivity index (χ1v) is 9.18. The number of rotatable bonds is 8. The van der Waals surface area contributed by atoms with Crippen LogP contribution in [0.25, 0.3) is 0 Å². The van der Waals surface area contributed by atoms with Gasteiger partial charge in [0, 0.05) is 31.1 Å². The molecule has 1 N–H and O–H groups in total. The summed E-state index contributed by atoms with van der Waals surface area (Å²) in [7, 11) is 6.48. The molecule has 0 saturated heterocycles. The number of hydrogen-bond acceptors (Lipinski definition) is 3. The highest BCUT2D eigenvalue weighted by molar-refractivity contribution is 14.0. The summed E-state index contributed by atoms with van der Waals surface area (Å²) in [5, 5.41) is 5.57. The first-order chi connectivity index (χ1) is 10.6. The zero-order valence-corrected chi connectivity index (χ0v) is 17.9. The van der Waals surface area contributed by atoms with E-state index in [1.807, 2.05) is 11.3 Å². The van der Waals surface area contributed by atoms with Crippen LogP contribution in [-0.2, 0) is 6.42 Å². The Labute approximate surface area is 162 Å². The summed E-state index contributed by atoms with van der Waals surface area (Å²) in [6, 6.07) is 4.91. The third kappa shape index (κ3) is 6.97. The fraction of sp³-hybridized carbons (Fsp3) is 0.706. The molecule has 2 rings (SSSR count). The molecule has 1 aromatic heterocycles. The lowest BCUT2D eigenvalue weighted by Gasteiger charge is -2.25. The van der Waals surface area contributed by atoms with Gasteiger partial charge < -0.3 is 15.1 Å². The minimum Gasteiger partial charge on any atom is -0.357 e. The molecular weight excluding hydrogens is 419 g/mol. The van der Waals surface area contributed by atoms with Crippen molar-refractivity contribution in [2.24, 2.45) is 10.9 Å². The van der Waals surface area contributed by atoms with E-state index in [2.05, 4.69) is 60.7 Å². The van der Waals surface area contributed by atoms with E-state index in [0.29, 0.717) is 6.04 Å². The Hall–Kier alpha value is -0.340. The number of nitrogens with zero attached hydrogens (tertiary/aromatic N) is 3. The van der Waals surface area contributed by atoms with Crippen molar-refractivity contribution in [3.63, 3.8) is 0 Å². The van der Waals surface area contributed by atoms with Crippen LogP contribution in [0.5, 0.6) is 0 Å². The van der Waals surface area contributed by atoms with Gasteiger partial charge in [0.1, 0.15) is 0 Å². The van der Waals surface area contributed by atoms with Crippen molar-refractivity contribution >= 4 is 41.3 Å². The highest BCUT2D eigenvalue weighted by Gasteiger charge is 2.32. The van der Waals surface area contributed by atoms with Crippen LogP contribution in [0.4, 0.5) is 0 Å². The van der Waals surface area contributed by atoms with Crippen LogP contribution in [0, 0.1) is 5.92 Å². The molecule has 1 atom stereocenters. The molecular formula is C17H31IN4S. The van der Waals surface area contributed by atoms with Gasteiger partial charge in [0.2, 0.25) is 0 Å². The Bertz CT molecular complexity index is 455. The molecule has 1 unspecified atom stereocenters. The zero-order valence-electron chi connectivity index (χ0n) is 14.8. The maximum atomic E-state index is 4.89. The standard InChI is InChI=1S/C17H30N4S.HI/c1-5-18-17(19-13-16(20(2)3)14-8-9-14)21(4)11-10-15-7-6-12-22-15;/h6-7,12,14,16H,5,8-11,13H2,1-4H3,(H,18,19);1H. The smallest absolute Gasteiger partial charge is 0.193 e. The summed E-state index contributed by atoms with van der Waals surface area (Å²) < 4.78 is 0. The van der Waals surface area contributed by atoms with Gasteiger partial charge in [-0.3, -0.25) is 4.99 Å². The molecule has 1 aromatic rings. The second-order valence-electron chi connectivity index (χ2n) is 6.31. The van der Waals surface area contributed by atoms with Crippen molar-refractivity contribution in [1.82, 2.24) is 15.1 Å².